The second-order valence-corrected chi connectivity index (χ2v) is 8.50. The van der Waals surface area contributed by atoms with Gasteiger partial charge in [-0.2, -0.15) is 4.31 Å². The number of carbonyl (C=O) groups excluding carboxylic acids is 1. The fourth-order valence-corrected chi connectivity index (χ4v) is 4.66. The van der Waals surface area contributed by atoms with Crippen LogP contribution in [0, 0.1) is 5.92 Å². The maximum absolute atomic E-state index is 12.9. The van der Waals surface area contributed by atoms with Gasteiger partial charge in [-0.05, 0) is 32.0 Å². The highest BCUT2D eigenvalue weighted by atomic mass is 35.5. The van der Waals surface area contributed by atoms with E-state index in [9.17, 15) is 13.2 Å². The summed E-state index contributed by atoms with van der Waals surface area (Å²) in [6.45, 7) is 2.02. The Morgan fingerprint density at radius 3 is 2.36 bits per heavy atom. The van der Waals surface area contributed by atoms with Gasteiger partial charge in [0.1, 0.15) is 0 Å². The summed E-state index contributed by atoms with van der Waals surface area (Å²) in [6, 6.07) is 4.56. The first-order valence-corrected chi connectivity index (χ1v) is 10.4. The van der Waals surface area contributed by atoms with Crippen LogP contribution in [0.2, 0.25) is 0 Å². The molecule has 160 valence electrons. The molecule has 0 radical (unpaired) electrons. The molecular weight excluding hydrogens is 406 g/mol. The van der Waals surface area contributed by atoms with E-state index in [2.05, 4.69) is 5.32 Å². The Bertz CT molecular complexity index is 752. The predicted octanol–water partition coefficient (Wildman–Crippen LogP) is 1.20. The van der Waals surface area contributed by atoms with Crippen LogP contribution in [0.4, 0.5) is 0 Å². The first-order chi connectivity index (χ1) is 12.8. The molecule has 8 nitrogen and oxygen atoms in total. The lowest BCUT2D eigenvalue weighted by Crippen LogP contribution is -2.44. The van der Waals surface area contributed by atoms with Crippen LogP contribution < -0.4 is 14.8 Å². The second-order valence-electron chi connectivity index (χ2n) is 6.56. The molecule has 1 fully saturated rings. The minimum atomic E-state index is -3.64. The number of sulfonamides is 1. The largest absolute Gasteiger partial charge is 0.493 e. The van der Waals surface area contributed by atoms with Crippen LogP contribution in [-0.4, -0.2) is 78.0 Å². The van der Waals surface area contributed by atoms with E-state index in [0.717, 1.165) is 6.54 Å². The molecule has 1 aliphatic rings. The van der Waals surface area contributed by atoms with Gasteiger partial charge in [-0.25, -0.2) is 8.42 Å². The Morgan fingerprint density at radius 2 is 1.82 bits per heavy atom. The fraction of sp³-hybridized carbons (Fsp3) is 0.611. The van der Waals surface area contributed by atoms with Crippen LogP contribution in [0.3, 0.4) is 0 Å². The molecule has 1 N–H and O–H groups in total. The van der Waals surface area contributed by atoms with Gasteiger partial charge in [0, 0.05) is 45.2 Å². The van der Waals surface area contributed by atoms with Gasteiger partial charge in [0.15, 0.2) is 11.5 Å². The van der Waals surface area contributed by atoms with Crippen LogP contribution in [0.15, 0.2) is 23.1 Å². The van der Waals surface area contributed by atoms with Crippen LogP contribution in [0.1, 0.15) is 12.8 Å². The van der Waals surface area contributed by atoms with E-state index in [1.807, 2.05) is 7.05 Å². The van der Waals surface area contributed by atoms with E-state index in [4.69, 9.17) is 9.47 Å². The van der Waals surface area contributed by atoms with E-state index >= 15 is 0 Å². The number of nitrogens with zero attached hydrogens (tertiary/aromatic N) is 2. The number of piperidine rings is 1. The van der Waals surface area contributed by atoms with Crippen LogP contribution in [0.5, 0.6) is 11.5 Å². The fourth-order valence-electron chi connectivity index (χ4n) is 3.17. The number of rotatable bonds is 8. The number of nitrogens with one attached hydrogen (secondary N) is 1. The Balaban J connectivity index is 0.00000392. The smallest absolute Gasteiger partial charge is 0.243 e. The molecule has 1 aromatic carbocycles. The van der Waals surface area contributed by atoms with Crippen LogP contribution >= 0.6 is 12.4 Å². The number of amides is 1. The molecule has 0 atom stereocenters. The van der Waals surface area contributed by atoms with Crippen molar-refractivity contribution in [3.63, 3.8) is 0 Å². The van der Waals surface area contributed by atoms with E-state index in [-0.39, 0.29) is 29.1 Å². The molecule has 0 aliphatic carbocycles. The zero-order valence-corrected chi connectivity index (χ0v) is 18.4. The van der Waals surface area contributed by atoms with Crippen molar-refractivity contribution in [1.29, 1.82) is 0 Å². The summed E-state index contributed by atoms with van der Waals surface area (Å²) in [5.41, 5.74) is 0. The molecule has 2 rings (SSSR count). The number of carbonyl (C=O) groups is 1. The standard InChI is InChI=1S/C18H29N3O5S.ClH/c1-19-9-12-20(2)18(22)14-7-10-21(11-8-14)27(23,24)15-5-6-16(25-3)17(13-15)26-4;/h5-6,13-14,19H,7-12H2,1-4H3;1H. The molecule has 10 heteroatoms. The van der Waals surface area contributed by atoms with E-state index in [0.29, 0.717) is 44.0 Å². The average Bonchev–Trinajstić information content (AvgIpc) is 2.70. The van der Waals surface area contributed by atoms with Gasteiger partial charge in [-0.1, -0.05) is 0 Å². The minimum Gasteiger partial charge on any atom is -0.493 e. The Hall–Kier alpha value is -1.55. The lowest BCUT2D eigenvalue weighted by atomic mass is 9.97. The quantitative estimate of drug-likeness (QED) is 0.660. The van der Waals surface area contributed by atoms with Crippen molar-refractivity contribution in [3.8, 4) is 11.5 Å². The molecule has 0 bridgehead atoms. The van der Waals surface area contributed by atoms with Crippen molar-refractivity contribution in [2.24, 2.45) is 5.92 Å². The predicted molar refractivity (Wildman–Crippen MR) is 110 cm³/mol. The Morgan fingerprint density at radius 1 is 1.21 bits per heavy atom. The van der Waals surface area contributed by atoms with Gasteiger partial charge in [0.2, 0.25) is 15.9 Å². The summed E-state index contributed by atoms with van der Waals surface area (Å²) in [6.07, 6.45) is 1.05. The first-order valence-electron chi connectivity index (χ1n) is 8.97. The third-order valence-electron chi connectivity index (χ3n) is 4.87. The van der Waals surface area contributed by atoms with Crippen molar-refractivity contribution < 1.29 is 22.7 Å². The maximum Gasteiger partial charge on any atom is 0.243 e. The average molecular weight is 436 g/mol. The lowest BCUT2D eigenvalue weighted by molar-refractivity contribution is -0.135. The topological polar surface area (TPSA) is 88.2 Å². The lowest BCUT2D eigenvalue weighted by Gasteiger charge is -2.32. The highest BCUT2D eigenvalue weighted by Crippen LogP contribution is 2.32. The van der Waals surface area contributed by atoms with Gasteiger partial charge in [-0.3, -0.25) is 4.79 Å². The SMILES string of the molecule is CNCCN(C)C(=O)C1CCN(S(=O)(=O)c2ccc(OC)c(OC)c2)CC1.Cl. The number of hydrogen-bond acceptors (Lipinski definition) is 6. The zero-order valence-electron chi connectivity index (χ0n) is 16.8. The van der Waals surface area contributed by atoms with Crippen molar-refractivity contribution in [3.05, 3.63) is 18.2 Å². The molecule has 0 aromatic heterocycles. The third-order valence-corrected chi connectivity index (χ3v) is 6.76. The normalized spacial score (nSPS) is 15.6. The van der Waals surface area contributed by atoms with Gasteiger partial charge in [-0.15, -0.1) is 12.4 Å². The molecule has 0 saturated carbocycles. The molecule has 1 aromatic rings. The second kappa shape index (κ2) is 10.8. The monoisotopic (exact) mass is 435 g/mol. The van der Waals surface area contributed by atoms with Crippen LogP contribution in [0.25, 0.3) is 0 Å². The molecule has 0 unspecified atom stereocenters. The van der Waals surface area contributed by atoms with Gasteiger partial charge in [0.05, 0.1) is 19.1 Å². The molecule has 0 spiro atoms. The van der Waals surface area contributed by atoms with Gasteiger partial charge < -0.3 is 19.7 Å². The van der Waals surface area contributed by atoms with Crippen molar-refractivity contribution in [1.82, 2.24) is 14.5 Å². The summed E-state index contributed by atoms with van der Waals surface area (Å²) < 4.78 is 37.7. The molecule has 1 amide bonds. The minimum absolute atomic E-state index is 0. The van der Waals surface area contributed by atoms with E-state index < -0.39 is 10.0 Å². The molecule has 28 heavy (non-hydrogen) atoms. The van der Waals surface area contributed by atoms with Crippen molar-refractivity contribution in [2.75, 3.05) is 54.5 Å². The number of halogens is 1. The summed E-state index contributed by atoms with van der Waals surface area (Å²) in [5.74, 6) is 0.789. The number of methoxy groups -OCH3 is 2. The summed E-state index contributed by atoms with van der Waals surface area (Å²) in [5, 5.41) is 3.02. The molecule has 1 heterocycles. The molecular formula is C18H30ClN3O5S. The van der Waals surface area contributed by atoms with E-state index in [1.165, 1.54) is 30.7 Å². The summed E-state index contributed by atoms with van der Waals surface area (Å²) >= 11 is 0. The number of benzene rings is 1. The van der Waals surface area contributed by atoms with Crippen LogP contribution in [-0.2, 0) is 14.8 Å². The van der Waals surface area contributed by atoms with Crippen molar-refractivity contribution in [2.45, 2.75) is 17.7 Å². The molecule has 1 aliphatic heterocycles. The summed E-state index contributed by atoms with van der Waals surface area (Å²) in [7, 11) is 2.96. The zero-order chi connectivity index (χ0) is 20.0. The number of hydrogen-bond donors (Lipinski definition) is 1. The maximum atomic E-state index is 12.9. The van der Waals surface area contributed by atoms with Gasteiger partial charge >= 0.3 is 0 Å². The Labute approximate surface area is 173 Å². The highest BCUT2D eigenvalue weighted by molar-refractivity contribution is 7.89. The first kappa shape index (κ1) is 24.5. The summed E-state index contributed by atoms with van der Waals surface area (Å²) in [4.78, 5) is 14.4. The molecule has 1 saturated heterocycles. The van der Waals surface area contributed by atoms with Gasteiger partial charge in [0.25, 0.3) is 0 Å². The Kier molecular flexibility index (Phi) is 9.49. The van der Waals surface area contributed by atoms with Crippen molar-refractivity contribution >= 4 is 28.3 Å². The third kappa shape index (κ3) is 5.50. The number of ether oxygens (including phenoxy) is 2. The highest BCUT2D eigenvalue weighted by Gasteiger charge is 2.33. The van der Waals surface area contributed by atoms with E-state index in [1.54, 1.807) is 18.0 Å². The number of likely N-dealkylation sites (N-methyl/N-ethyl adjacent to an activating group) is 2.